The largest absolute Gasteiger partial charge is 0.367 e. The number of nitrogens with one attached hydrogen (secondary N) is 2. The third-order valence-electron chi connectivity index (χ3n) is 5.22. The second kappa shape index (κ2) is 8.56. The first-order valence-corrected chi connectivity index (χ1v) is 9.93. The molecule has 2 aromatic rings. The molecule has 29 heavy (non-hydrogen) atoms. The molecule has 0 aliphatic carbocycles. The molecule has 4 rings (SSSR count). The number of anilines is 4. The number of aromatic nitrogens is 3. The zero-order valence-corrected chi connectivity index (χ0v) is 16.2. The molecule has 0 radical (unpaired) electrons. The molecule has 10 heteroatoms. The van der Waals surface area contributed by atoms with Crippen LogP contribution in [0, 0.1) is 5.82 Å². The molecule has 3 heterocycles. The molecule has 154 valence electrons. The highest BCUT2D eigenvalue weighted by atomic mass is 19.1. The molecule has 0 atom stereocenters. The Kier molecular flexibility index (Phi) is 5.70. The van der Waals surface area contributed by atoms with Crippen molar-refractivity contribution in [2.75, 3.05) is 54.4 Å². The molecule has 2 fully saturated rings. The fourth-order valence-electron chi connectivity index (χ4n) is 3.68. The summed E-state index contributed by atoms with van der Waals surface area (Å²) in [6.07, 6.45) is 3.29. The number of rotatable bonds is 5. The van der Waals surface area contributed by atoms with E-state index in [-0.39, 0.29) is 17.3 Å². The Hall–Kier alpha value is -3.01. The van der Waals surface area contributed by atoms with Crippen molar-refractivity contribution in [2.45, 2.75) is 19.3 Å². The molecule has 2 saturated heterocycles. The van der Waals surface area contributed by atoms with E-state index in [1.54, 1.807) is 12.1 Å². The van der Waals surface area contributed by atoms with Gasteiger partial charge in [-0.25, -0.2) is 4.39 Å². The number of halogens is 1. The van der Waals surface area contributed by atoms with Crippen LogP contribution in [0.15, 0.2) is 18.2 Å². The molecule has 2 aliphatic rings. The first-order chi connectivity index (χ1) is 14.1. The zero-order chi connectivity index (χ0) is 20.2. The predicted octanol–water partition coefficient (Wildman–Crippen LogP) is 1.25. The highest BCUT2D eigenvalue weighted by Crippen LogP contribution is 2.26. The summed E-state index contributed by atoms with van der Waals surface area (Å²) in [6.45, 7) is 4.84. The van der Waals surface area contributed by atoms with Gasteiger partial charge in [-0.2, -0.15) is 4.98 Å². The summed E-state index contributed by atoms with van der Waals surface area (Å²) in [5, 5.41) is 14.3. The maximum atomic E-state index is 14.7. The quantitative estimate of drug-likeness (QED) is 0.688. The van der Waals surface area contributed by atoms with Gasteiger partial charge in [0.25, 0.3) is 5.91 Å². The van der Waals surface area contributed by atoms with Crippen LogP contribution in [0.2, 0.25) is 0 Å². The number of amides is 1. The lowest BCUT2D eigenvalue weighted by molar-refractivity contribution is 0.0995. The zero-order valence-electron chi connectivity index (χ0n) is 16.2. The molecule has 2 aliphatic heterocycles. The lowest BCUT2D eigenvalue weighted by Crippen LogP contribution is -2.43. The molecule has 1 aromatic carbocycles. The van der Waals surface area contributed by atoms with Gasteiger partial charge in [0.05, 0.1) is 5.69 Å². The standard InChI is InChI=1S/C19H25FN8O/c20-14-12-13(4-5-15(14)27-10-6-22-7-11-27)23-18-16(17(21)29)25-26-19(24-18)28-8-2-1-3-9-28/h4-5,12,22H,1-3,6-11H2,(H2,21,29)(H,23,24,26). The van der Waals surface area contributed by atoms with Gasteiger partial charge in [-0.1, -0.05) is 0 Å². The van der Waals surface area contributed by atoms with E-state index in [1.807, 2.05) is 9.80 Å². The highest BCUT2D eigenvalue weighted by molar-refractivity contribution is 5.96. The van der Waals surface area contributed by atoms with Gasteiger partial charge in [0.1, 0.15) is 5.82 Å². The second-order valence-electron chi connectivity index (χ2n) is 7.25. The Bertz CT molecular complexity index is 881. The van der Waals surface area contributed by atoms with Crippen LogP contribution in [0.5, 0.6) is 0 Å². The van der Waals surface area contributed by atoms with E-state index < -0.39 is 5.91 Å². The fourth-order valence-corrected chi connectivity index (χ4v) is 3.68. The van der Waals surface area contributed by atoms with E-state index in [2.05, 4.69) is 25.8 Å². The van der Waals surface area contributed by atoms with Crippen LogP contribution in [0.3, 0.4) is 0 Å². The minimum Gasteiger partial charge on any atom is -0.367 e. The number of benzene rings is 1. The molecule has 0 saturated carbocycles. The van der Waals surface area contributed by atoms with Crippen LogP contribution in [0.25, 0.3) is 0 Å². The lowest BCUT2D eigenvalue weighted by atomic mass is 10.1. The number of carbonyl (C=O) groups is 1. The lowest BCUT2D eigenvalue weighted by Gasteiger charge is -2.29. The van der Waals surface area contributed by atoms with Crippen molar-refractivity contribution in [3.8, 4) is 0 Å². The van der Waals surface area contributed by atoms with Gasteiger partial charge in [-0.05, 0) is 37.5 Å². The molecular formula is C19H25FN8O. The number of primary amides is 1. The van der Waals surface area contributed by atoms with E-state index in [0.29, 0.717) is 17.3 Å². The highest BCUT2D eigenvalue weighted by Gasteiger charge is 2.20. The molecule has 0 bridgehead atoms. The smallest absolute Gasteiger partial charge is 0.273 e. The van der Waals surface area contributed by atoms with Gasteiger partial charge < -0.3 is 26.2 Å². The van der Waals surface area contributed by atoms with E-state index in [4.69, 9.17) is 5.73 Å². The summed E-state index contributed by atoms with van der Waals surface area (Å²) in [5.74, 6) is -0.455. The number of hydrogen-bond acceptors (Lipinski definition) is 8. The summed E-state index contributed by atoms with van der Waals surface area (Å²) in [6, 6.07) is 4.88. The average molecular weight is 400 g/mol. The topological polar surface area (TPSA) is 112 Å². The number of hydrogen-bond donors (Lipinski definition) is 3. The Morgan fingerprint density at radius 2 is 1.83 bits per heavy atom. The molecule has 9 nitrogen and oxygen atoms in total. The van der Waals surface area contributed by atoms with Crippen molar-refractivity contribution < 1.29 is 9.18 Å². The third-order valence-corrected chi connectivity index (χ3v) is 5.22. The Morgan fingerprint density at radius 3 is 2.52 bits per heavy atom. The van der Waals surface area contributed by atoms with Crippen molar-refractivity contribution in [3.05, 3.63) is 29.7 Å². The summed E-state index contributed by atoms with van der Waals surface area (Å²) in [7, 11) is 0. The molecule has 0 unspecified atom stereocenters. The number of piperazine rings is 1. The molecule has 1 amide bonds. The van der Waals surface area contributed by atoms with Crippen LogP contribution in [-0.2, 0) is 0 Å². The van der Waals surface area contributed by atoms with Crippen LogP contribution in [-0.4, -0.2) is 60.4 Å². The SMILES string of the molecule is NC(=O)c1nnc(N2CCCCC2)nc1Nc1ccc(N2CCNCC2)c(F)c1. The summed E-state index contributed by atoms with van der Waals surface area (Å²) < 4.78 is 14.7. The summed E-state index contributed by atoms with van der Waals surface area (Å²) in [5.41, 5.74) is 6.38. The minimum atomic E-state index is -0.740. The molecule has 0 spiro atoms. The van der Waals surface area contributed by atoms with Crippen molar-refractivity contribution in [1.82, 2.24) is 20.5 Å². The second-order valence-corrected chi connectivity index (χ2v) is 7.25. The molecule has 1 aromatic heterocycles. The fraction of sp³-hybridized carbons (Fsp3) is 0.474. The maximum Gasteiger partial charge on any atom is 0.273 e. The summed E-state index contributed by atoms with van der Waals surface area (Å²) in [4.78, 5) is 20.3. The average Bonchev–Trinajstić information content (AvgIpc) is 2.75. The monoisotopic (exact) mass is 400 g/mol. The van der Waals surface area contributed by atoms with Gasteiger partial charge in [0, 0.05) is 45.0 Å². The number of nitrogens with zero attached hydrogens (tertiary/aromatic N) is 5. The van der Waals surface area contributed by atoms with Crippen molar-refractivity contribution >= 4 is 29.0 Å². The van der Waals surface area contributed by atoms with Gasteiger partial charge in [-0.15, -0.1) is 10.2 Å². The van der Waals surface area contributed by atoms with Crippen LogP contribution in [0.1, 0.15) is 29.8 Å². The minimum absolute atomic E-state index is 0.0719. The van der Waals surface area contributed by atoms with Crippen LogP contribution >= 0.6 is 0 Å². The molecular weight excluding hydrogens is 375 g/mol. The van der Waals surface area contributed by atoms with E-state index in [0.717, 1.165) is 52.1 Å². The van der Waals surface area contributed by atoms with Crippen LogP contribution < -0.4 is 26.2 Å². The molecule has 4 N–H and O–H groups in total. The maximum absolute atomic E-state index is 14.7. The Labute approximate surface area is 168 Å². The van der Waals surface area contributed by atoms with Crippen LogP contribution in [0.4, 0.5) is 27.5 Å². The summed E-state index contributed by atoms with van der Waals surface area (Å²) >= 11 is 0. The van der Waals surface area contributed by atoms with E-state index in [9.17, 15) is 9.18 Å². The number of carbonyl (C=O) groups excluding carboxylic acids is 1. The van der Waals surface area contributed by atoms with E-state index >= 15 is 0 Å². The Balaban J connectivity index is 1.58. The van der Waals surface area contributed by atoms with Gasteiger partial charge in [-0.3, -0.25) is 4.79 Å². The van der Waals surface area contributed by atoms with Crippen molar-refractivity contribution in [3.63, 3.8) is 0 Å². The van der Waals surface area contributed by atoms with E-state index in [1.165, 1.54) is 12.5 Å². The number of nitrogens with two attached hydrogens (primary N) is 1. The third kappa shape index (κ3) is 4.37. The van der Waals surface area contributed by atoms with Crippen molar-refractivity contribution in [2.24, 2.45) is 5.73 Å². The van der Waals surface area contributed by atoms with Gasteiger partial charge >= 0.3 is 0 Å². The first kappa shape index (κ1) is 19.3. The van der Waals surface area contributed by atoms with Gasteiger partial charge in [0.15, 0.2) is 11.5 Å². The Morgan fingerprint density at radius 1 is 1.07 bits per heavy atom. The normalized spacial score (nSPS) is 17.3. The predicted molar refractivity (Wildman–Crippen MR) is 109 cm³/mol. The number of piperidine rings is 1. The van der Waals surface area contributed by atoms with Crippen molar-refractivity contribution in [1.29, 1.82) is 0 Å². The first-order valence-electron chi connectivity index (χ1n) is 9.93. The van der Waals surface area contributed by atoms with Gasteiger partial charge in [0.2, 0.25) is 5.95 Å².